The summed E-state index contributed by atoms with van der Waals surface area (Å²) in [5.74, 6) is 1.74. The van der Waals surface area contributed by atoms with E-state index in [0.717, 1.165) is 46.5 Å². The van der Waals surface area contributed by atoms with Crippen LogP contribution in [0.2, 0.25) is 0 Å². The number of ether oxygens (including phenoxy) is 1. The minimum atomic E-state index is 0.0697. The standard InChI is InChI=1S/C24H24N4O3S/c1-14(29)26-16-10-17-5-6-18(11-16)28(17)13-20-9-15-4-7-19(12-22(15)30-20)31-24-27-21-3-2-8-25-23(21)32-24/h2-4,7-9,12,16-18H,5-6,10-11,13H2,1H3,(H,26,29)/t16?,17-,18+. The summed E-state index contributed by atoms with van der Waals surface area (Å²) in [5.41, 5.74) is 1.66. The monoisotopic (exact) mass is 448 g/mol. The molecule has 2 aliphatic heterocycles. The van der Waals surface area contributed by atoms with Crippen molar-refractivity contribution in [3.63, 3.8) is 0 Å². The second kappa shape index (κ2) is 7.86. The lowest BCUT2D eigenvalue weighted by molar-refractivity contribution is -0.120. The number of carbonyl (C=O) groups excluding carboxylic acids is 1. The molecule has 8 heteroatoms. The lowest BCUT2D eigenvalue weighted by Crippen LogP contribution is -2.49. The fourth-order valence-corrected chi connectivity index (χ4v) is 6.00. The number of amides is 1. The molecule has 6 rings (SSSR count). The third-order valence-corrected chi connectivity index (χ3v) is 7.38. The number of fused-ring (bicyclic) bond motifs is 4. The number of pyridine rings is 1. The molecular formula is C24H24N4O3S. The normalized spacial score (nSPS) is 23.1. The van der Waals surface area contributed by atoms with Crippen LogP contribution in [0.25, 0.3) is 21.3 Å². The molecule has 0 radical (unpaired) electrons. The molecular weight excluding hydrogens is 424 g/mol. The first kappa shape index (κ1) is 19.7. The molecule has 1 N–H and O–H groups in total. The third-order valence-electron chi connectivity index (χ3n) is 6.52. The SMILES string of the molecule is CC(=O)NC1C[C@H]2CC[C@@H](C1)N2Cc1cc2ccc(Oc3nc4cccnc4s3)cc2o1. The van der Waals surface area contributed by atoms with E-state index in [0.29, 0.717) is 29.1 Å². The maximum absolute atomic E-state index is 11.4. The van der Waals surface area contributed by atoms with Crippen molar-refractivity contribution in [2.45, 2.75) is 57.3 Å². The van der Waals surface area contributed by atoms with Gasteiger partial charge in [-0.1, -0.05) is 11.3 Å². The van der Waals surface area contributed by atoms with Crippen LogP contribution in [-0.2, 0) is 11.3 Å². The molecule has 0 saturated carbocycles. The zero-order valence-electron chi connectivity index (χ0n) is 17.8. The average molecular weight is 449 g/mol. The number of benzene rings is 1. The number of aromatic nitrogens is 2. The smallest absolute Gasteiger partial charge is 0.281 e. The summed E-state index contributed by atoms with van der Waals surface area (Å²) in [5, 5.41) is 4.75. The van der Waals surface area contributed by atoms with Crippen molar-refractivity contribution in [1.82, 2.24) is 20.2 Å². The molecule has 7 nitrogen and oxygen atoms in total. The maximum Gasteiger partial charge on any atom is 0.281 e. The molecule has 164 valence electrons. The molecule has 2 bridgehead atoms. The molecule has 1 amide bonds. The highest BCUT2D eigenvalue weighted by molar-refractivity contribution is 7.19. The van der Waals surface area contributed by atoms with Gasteiger partial charge in [-0.3, -0.25) is 9.69 Å². The van der Waals surface area contributed by atoms with Crippen LogP contribution in [0.4, 0.5) is 0 Å². The molecule has 2 saturated heterocycles. The van der Waals surface area contributed by atoms with E-state index < -0.39 is 0 Å². The Balaban J connectivity index is 1.17. The summed E-state index contributed by atoms with van der Waals surface area (Å²) in [6.45, 7) is 2.41. The topological polar surface area (TPSA) is 80.5 Å². The van der Waals surface area contributed by atoms with Gasteiger partial charge in [-0.25, -0.2) is 9.97 Å². The minimum Gasteiger partial charge on any atom is -0.460 e. The van der Waals surface area contributed by atoms with E-state index in [-0.39, 0.29) is 5.91 Å². The van der Waals surface area contributed by atoms with Crippen LogP contribution in [0.15, 0.2) is 47.0 Å². The van der Waals surface area contributed by atoms with Crippen molar-refractivity contribution >= 4 is 38.6 Å². The van der Waals surface area contributed by atoms with E-state index in [4.69, 9.17) is 9.15 Å². The quantitative estimate of drug-likeness (QED) is 0.470. The van der Waals surface area contributed by atoms with Gasteiger partial charge in [-0.2, -0.15) is 0 Å². The third kappa shape index (κ3) is 3.73. The van der Waals surface area contributed by atoms with Gasteiger partial charge in [-0.05, 0) is 56.0 Å². The molecule has 4 aromatic rings. The van der Waals surface area contributed by atoms with Crippen molar-refractivity contribution in [3.8, 4) is 10.9 Å². The van der Waals surface area contributed by atoms with E-state index in [1.807, 2.05) is 30.3 Å². The van der Waals surface area contributed by atoms with Crippen LogP contribution in [0.1, 0.15) is 38.4 Å². The molecule has 0 aliphatic carbocycles. The van der Waals surface area contributed by atoms with Gasteiger partial charge in [0.05, 0.1) is 6.54 Å². The summed E-state index contributed by atoms with van der Waals surface area (Å²) >= 11 is 1.43. The number of hydrogen-bond donors (Lipinski definition) is 1. The van der Waals surface area contributed by atoms with Crippen molar-refractivity contribution in [1.29, 1.82) is 0 Å². The van der Waals surface area contributed by atoms with Crippen molar-refractivity contribution in [2.75, 3.05) is 0 Å². The second-order valence-corrected chi connectivity index (χ2v) is 9.69. The van der Waals surface area contributed by atoms with Crippen LogP contribution in [0.5, 0.6) is 10.9 Å². The predicted molar refractivity (Wildman–Crippen MR) is 123 cm³/mol. The summed E-state index contributed by atoms with van der Waals surface area (Å²) in [6.07, 6.45) is 6.18. The largest absolute Gasteiger partial charge is 0.460 e. The van der Waals surface area contributed by atoms with Gasteiger partial charge in [-0.15, -0.1) is 0 Å². The van der Waals surface area contributed by atoms with Gasteiger partial charge in [0.1, 0.15) is 27.4 Å². The first-order chi connectivity index (χ1) is 15.6. The Morgan fingerprint density at radius 3 is 2.88 bits per heavy atom. The van der Waals surface area contributed by atoms with Crippen LogP contribution >= 0.6 is 11.3 Å². The van der Waals surface area contributed by atoms with Crippen LogP contribution in [0, 0.1) is 0 Å². The molecule has 32 heavy (non-hydrogen) atoms. The first-order valence-corrected chi connectivity index (χ1v) is 11.9. The Morgan fingerprint density at radius 2 is 2.09 bits per heavy atom. The molecule has 1 aromatic carbocycles. The second-order valence-electron chi connectivity index (χ2n) is 8.75. The molecule has 3 aromatic heterocycles. The molecule has 0 spiro atoms. The number of hydrogen-bond acceptors (Lipinski definition) is 7. The fourth-order valence-electron chi connectivity index (χ4n) is 5.22. The first-order valence-electron chi connectivity index (χ1n) is 11.1. The number of nitrogens with zero attached hydrogens (tertiary/aromatic N) is 3. The van der Waals surface area contributed by atoms with E-state index in [2.05, 4.69) is 26.3 Å². The summed E-state index contributed by atoms with van der Waals surface area (Å²) in [4.78, 5) is 23.7. The van der Waals surface area contributed by atoms with Crippen molar-refractivity contribution in [2.24, 2.45) is 0 Å². The van der Waals surface area contributed by atoms with E-state index >= 15 is 0 Å². The van der Waals surface area contributed by atoms with Gasteiger partial charge in [0.2, 0.25) is 5.91 Å². The van der Waals surface area contributed by atoms with Crippen molar-refractivity contribution in [3.05, 3.63) is 48.4 Å². The maximum atomic E-state index is 11.4. The Hall–Kier alpha value is -2.97. The highest BCUT2D eigenvalue weighted by atomic mass is 32.1. The number of piperidine rings is 1. The van der Waals surface area contributed by atoms with Gasteiger partial charge >= 0.3 is 0 Å². The Bertz CT molecular complexity index is 1250. The summed E-state index contributed by atoms with van der Waals surface area (Å²) in [6, 6.07) is 13.1. The fraction of sp³-hybridized carbons (Fsp3) is 0.375. The Morgan fingerprint density at radius 1 is 1.25 bits per heavy atom. The van der Waals surface area contributed by atoms with Gasteiger partial charge in [0, 0.05) is 42.7 Å². The van der Waals surface area contributed by atoms with Gasteiger partial charge < -0.3 is 14.5 Å². The lowest BCUT2D eigenvalue weighted by Gasteiger charge is -2.38. The van der Waals surface area contributed by atoms with Gasteiger partial charge in [0.15, 0.2) is 0 Å². The zero-order chi connectivity index (χ0) is 21.7. The number of carbonyl (C=O) groups is 1. The molecule has 3 atom stereocenters. The average Bonchev–Trinajstić information content (AvgIpc) is 3.41. The van der Waals surface area contributed by atoms with E-state index in [9.17, 15) is 4.79 Å². The molecule has 2 aliphatic rings. The Labute approximate surface area is 189 Å². The van der Waals surface area contributed by atoms with Crippen molar-refractivity contribution < 1.29 is 13.9 Å². The van der Waals surface area contributed by atoms with Crippen LogP contribution < -0.4 is 10.1 Å². The van der Waals surface area contributed by atoms with Crippen LogP contribution in [-0.4, -0.2) is 38.9 Å². The highest BCUT2D eigenvalue weighted by Crippen LogP contribution is 2.38. The van der Waals surface area contributed by atoms with Crippen LogP contribution in [0.3, 0.4) is 0 Å². The molecule has 2 fully saturated rings. The Kier molecular flexibility index (Phi) is 4.84. The van der Waals surface area contributed by atoms with E-state index in [1.54, 1.807) is 13.1 Å². The summed E-state index contributed by atoms with van der Waals surface area (Å²) in [7, 11) is 0. The zero-order valence-corrected chi connectivity index (χ0v) is 18.6. The number of rotatable bonds is 5. The van der Waals surface area contributed by atoms with E-state index in [1.165, 1.54) is 24.2 Å². The molecule has 1 unspecified atom stereocenters. The highest BCUT2D eigenvalue weighted by Gasteiger charge is 2.41. The number of furan rings is 1. The predicted octanol–water partition coefficient (Wildman–Crippen LogP) is 4.86. The number of thiazole rings is 1. The molecule has 5 heterocycles. The minimum absolute atomic E-state index is 0.0697. The van der Waals surface area contributed by atoms with Gasteiger partial charge in [0.25, 0.3) is 5.19 Å². The summed E-state index contributed by atoms with van der Waals surface area (Å²) < 4.78 is 12.2. The lowest BCUT2D eigenvalue weighted by atomic mass is 9.97. The number of nitrogens with one attached hydrogen (secondary N) is 1.